The summed E-state index contributed by atoms with van der Waals surface area (Å²) in [5.74, 6) is -0.0721. The van der Waals surface area contributed by atoms with Gasteiger partial charge in [-0.3, -0.25) is 9.59 Å². The highest BCUT2D eigenvalue weighted by molar-refractivity contribution is 6.15. The third-order valence-electron chi connectivity index (χ3n) is 5.24. The van der Waals surface area contributed by atoms with E-state index in [0.717, 1.165) is 0 Å². The van der Waals surface area contributed by atoms with E-state index in [2.05, 4.69) is 6.58 Å². The molecule has 0 saturated heterocycles. The van der Waals surface area contributed by atoms with Crippen LogP contribution in [-0.4, -0.2) is 67.0 Å². The maximum absolute atomic E-state index is 13.3. The first kappa shape index (κ1) is 24.1. The van der Waals surface area contributed by atoms with E-state index in [0.29, 0.717) is 49.1 Å². The van der Waals surface area contributed by atoms with Crippen molar-refractivity contribution in [3.8, 4) is 11.5 Å². The van der Waals surface area contributed by atoms with E-state index in [4.69, 9.17) is 13.9 Å². The highest BCUT2D eigenvalue weighted by Gasteiger charge is 2.44. The van der Waals surface area contributed by atoms with Gasteiger partial charge in [-0.1, -0.05) is 18.7 Å². The van der Waals surface area contributed by atoms with Crippen molar-refractivity contribution >= 4 is 11.7 Å². The van der Waals surface area contributed by atoms with Crippen LogP contribution in [0.15, 0.2) is 58.7 Å². The Hall–Kier alpha value is -3.52. The summed E-state index contributed by atoms with van der Waals surface area (Å²) >= 11 is 0. The van der Waals surface area contributed by atoms with E-state index in [1.165, 1.54) is 4.90 Å². The number of hydrogen-bond donors (Lipinski definition) is 1. The first-order chi connectivity index (χ1) is 15.8. The molecule has 8 heteroatoms. The molecule has 0 aliphatic carbocycles. The predicted molar refractivity (Wildman–Crippen MR) is 124 cm³/mol. The molecule has 2 aromatic rings. The maximum Gasteiger partial charge on any atom is 0.290 e. The van der Waals surface area contributed by atoms with Crippen molar-refractivity contribution < 1.29 is 28.6 Å². The lowest BCUT2D eigenvalue weighted by atomic mass is 9.94. The molecule has 0 unspecified atom stereocenters. The number of rotatable bonds is 11. The predicted octanol–water partition coefficient (Wildman–Crippen LogP) is 3.69. The third-order valence-corrected chi connectivity index (χ3v) is 5.24. The lowest BCUT2D eigenvalue weighted by Crippen LogP contribution is -2.36. The number of nitrogens with zero attached hydrogens (tertiary/aromatic N) is 2. The molecule has 33 heavy (non-hydrogen) atoms. The highest BCUT2D eigenvalue weighted by atomic mass is 16.5. The van der Waals surface area contributed by atoms with Crippen LogP contribution >= 0.6 is 0 Å². The Bertz CT molecular complexity index is 1070. The number of amides is 1. The summed E-state index contributed by atoms with van der Waals surface area (Å²) < 4.78 is 16.9. The van der Waals surface area contributed by atoms with Crippen molar-refractivity contribution in [2.75, 3.05) is 40.4 Å². The van der Waals surface area contributed by atoms with Crippen molar-refractivity contribution in [2.24, 2.45) is 0 Å². The van der Waals surface area contributed by atoms with Gasteiger partial charge in [0.15, 0.2) is 23.0 Å². The second kappa shape index (κ2) is 10.4. The number of carbonyl (C=O) groups is 2. The minimum absolute atomic E-state index is 0.0182. The number of aliphatic hydroxyl groups is 1. The van der Waals surface area contributed by atoms with Gasteiger partial charge >= 0.3 is 0 Å². The lowest BCUT2D eigenvalue weighted by Gasteiger charge is -2.28. The summed E-state index contributed by atoms with van der Waals surface area (Å²) in [5.41, 5.74) is 0.600. The first-order valence-electron chi connectivity index (χ1n) is 10.8. The van der Waals surface area contributed by atoms with Gasteiger partial charge in [0.05, 0.1) is 18.2 Å². The van der Waals surface area contributed by atoms with Gasteiger partial charge in [-0.25, -0.2) is 0 Å². The zero-order valence-corrected chi connectivity index (χ0v) is 19.5. The Kier molecular flexibility index (Phi) is 7.60. The molecule has 3 rings (SSSR count). The van der Waals surface area contributed by atoms with Crippen LogP contribution < -0.4 is 9.47 Å². The van der Waals surface area contributed by atoms with Crippen LogP contribution in [0.1, 0.15) is 34.8 Å². The van der Waals surface area contributed by atoms with Crippen LogP contribution in [-0.2, 0) is 4.79 Å². The molecule has 0 radical (unpaired) electrons. The number of benzene rings is 1. The Labute approximate surface area is 193 Å². The molecule has 1 amide bonds. The van der Waals surface area contributed by atoms with Crippen LogP contribution in [0.2, 0.25) is 0 Å². The fourth-order valence-corrected chi connectivity index (χ4v) is 3.69. The second-order valence-electron chi connectivity index (χ2n) is 7.94. The summed E-state index contributed by atoms with van der Waals surface area (Å²) in [6.07, 6.45) is 1.63. The topological polar surface area (TPSA) is 92.5 Å². The van der Waals surface area contributed by atoms with Gasteiger partial charge in [0.2, 0.25) is 5.78 Å². The number of likely N-dealkylation sites (N-methyl/N-ethyl adjacent to an activating group) is 1. The molecule has 1 aromatic carbocycles. The number of ether oxygens (including phenoxy) is 2. The smallest absolute Gasteiger partial charge is 0.290 e. The minimum Gasteiger partial charge on any atom is -0.503 e. The van der Waals surface area contributed by atoms with E-state index in [1.807, 2.05) is 25.9 Å². The standard InChI is InChI=1S/C25H30N2O6/c1-6-14-32-18-11-9-17(15-20(18)31-7-2)22-21(23(28)19-10-8-16(3)33-19)24(29)25(30)27(22)13-12-26(4)5/h6,8-11,15,22,29H,1,7,12-14H2,2-5H3/t22-/m1/s1. The van der Waals surface area contributed by atoms with Crippen molar-refractivity contribution in [2.45, 2.75) is 19.9 Å². The number of ketones is 1. The van der Waals surface area contributed by atoms with Crippen LogP contribution in [0.5, 0.6) is 11.5 Å². The molecule has 1 aliphatic heterocycles. The highest BCUT2D eigenvalue weighted by Crippen LogP contribution is 2.41. The molecule has 0 bridgehead atoms. The summed E-state index contributed by atoms with van der Waals surface area (Å²) in [7, 11) is 3.78. The van der Waals surface area contributed by atoms with Gasteiger partial charge in [-0.2, -0.15) is 0 Å². The minimum atomic E-state index is -0.803. The van der Waals surface area contributed by atoms with Crippen molar-refractivity contribution in [3.63, 3.8) is 0 Å². The van der Waals surface area contributed by atoms with Gasteiger partial charge < -0.3 is 28.8 Å². The molecule has 1 N–H and O–H groups in total. The first-order valence-corrected chi connectivity index (χ1v) is 10.8. The van der Waals surface area contributed by atoms with E-state index >= 15 is 0 Å². The number of furan rings is 1. The van der Waals surface area contributed by atoms with Gasteiger partial charge in [0.1, 0.15) is 12.4 Å². The van der Waals surface area contributed by atoms with E-state index in [9.17, 15) is 14.7 Å². The summed E-state index contributed by atoms with van der Waals surface area (Å²) in [6.45, 7) is 8.81. The molecule has 1 atom stereocenters. The largest absolute Gasteiger partial charge is 0.503 e. The second-order valence-corrected chi connectivity index (χ2v) is 7.94. The quantitative estimate of drug-likeness (QED) is 0.409. The van der Waals surface area contributed by atoms with Gasteiger partial charge in [-0.05, 0) is 57.8 Å². The van der Waals surface area contributed by atoms with Crippen molar-refractivity contribution in [1.82, 2.24) is 9.80 Å². The molecule has 1 aromatic heterocycles. The van der Waals surface area contributed by atoms with Crippen molar-refractivity contribution in [1.29, 1.82) is 0 Å². The van der Waals surface area contributed by atoms with Crippen LogP contribution in [0.3, 0.4) is 0 Å². The fraction of sp³-hybridized carbons (Fsp3) is 0.360. The SMILES string of the molecule is C=CCOc1ccc([C@@H]2C(C(=O)c3ccc(C)o3)=C(O)C(=O)N2CCN(C)C)cc1OCC. The zero-order chi connectivity index (χ0) is 24.1. The number of aryl methyl sites for hydroxylation is 1. The third kappa shape index (κ3) is 5.12. The summed E-state index contributed by atoms with van der Waals surface area (Å²) in [5, 5.41) is 10.8. The van der Waals surface area contributed by atoms with Crippen LogP contribution in [0.25, 0.3) is 0 Å². The maximum atomic E-state index is 13.3. The number of hydrogen-bond acceptors (Lipinski definition) is 7. The Morgan fingerprint density at radius 2 is 2.00 bits per heavy atom. The normalized spacial score (nSPS) is 16.0. The number of aliphatic hydroxyl groups excluding tert-OH is 1. The van der Waals surface area contributed by atoms with E-state index < -0.39 is 23.5 Å². The molecule has 1 aliphatic rings. The molecular formula is C25H30N2O6. The molecule has 176 valence electrons. The molecule has 0 fully saturated rings. The molecule has 0 saturated carbocycles. The van der Waals surface area contributed by atoms with Gasteiger partial charge in [0.25, 0.3) is 5.91 Å². The summed E-state index contributed by atoms with van der Waals surface area (Å²) in [6, 6.07) is 7.64. The number of carbonyl (C=O) groups excluding carboxylic acids is 2. The average molecular weight is 455 g/mol. The van der Waals surface area contributed by atoms with Gasteiger partial charge in [-0.15, -0.1) is 0 Å². The monoisotopic (exact) mass is 454 g/mol. The Morgan fingerprint density at radius 3 is 2.61 bits per heavy atom. The Balaban J connectivity index is 2.09. The fourth-order valence-electron chi connectivity index (χ4n) is 3.69. The average Bonchev–Trinajstić information content (AvgIpc) is 3.32. The lowest BCUT2D eigenvalue weighted by molar-refractivity contribution is -0.129. The summed E-state index contributed by atoms with van der Waals surface area (Å²) in [4.78, 5) is 29.8. The van der Waals surface area contributed by atoms with E-state index in [-0.39, 0.29) is 11.3 Å². The van der Waals surface area contributed by atoms with Crippen LogP contribution in [0, 0.1) is 6.92 Å². The van der Waals surface area contributed by atoms with Crippen LogP contribution in [0.4, 0.5) is 0 Å². The molecule has 8 nitrogen and oxygen atoms in total. The molecule has 2 heterocycles. The number of Topliss-reactive ketones (excluding diaryl/α,β-unsaturated/α-hetero) is 1. The van der Waals surface area contributed by atoms with E-state index in [1.54, 1.807) is 43.3 Å². The zero-order valence-electron chi connectivity index (χ0n) is 19.5. The van der Waals surface area contributed by atoms with Gasteiger partial charge in [0, 0.05) is 13.1 Å². The van der Waals surface area contributed by atoms with Crippen molar-refractivity contribution in [3.05, 3.63) is 71.4 Å². The Morgan fingerprint density at radius 1 is 1.24 bits per heavy atom. The molecule has 0 spiro atoms. The molecular weight excluding hydrogens is 424 g/mol.